The number of nitrogens with zero attached hydrogens (tertiary/aromatic N) is 1. The monoisotopic (exact) mass is 290 g/mol. The van der Waals surface area contributed by atoms with Crippen molar-refractivity contribution >= 4 is 23.2 Å². The molecule has 6 heteroatoms. The predicted molar refractivity (Wildman–Crippen MR) is 75.4 cm³/mol. The number of esters is 1. The Morgan fingerprint density at radius 1 is 1.35 bits per heavy atom. The summed E-state index contributed by atoms with van der Waals surface area (Å²) >= 11 is 1.49. The maximum Gasteiger partial charge on any atom is 0.307 e. The van der Waals surface area contributed by atoms with Crippen molar-refractivity contribution in [1.29, 1.82) is 0 Å². The molecule has 0 saturated heterocycles. The fourth-order valence-electron chi connectivity index (χ4n) is 1.71. The summed E-state index contributed by atoms with van der Waals surface area (Å²) in [5, 5.41) is 4.74. The van der Waals surface area contributed by atoms with E-state index in [-0.39, 0.29) is 24.3 Å². The van der Waals surface area contributed by atoms with Gasteiger partial charge in [0.2, 0.25) is 0 Å². The lowest BCUT2D eigenvalue weighted by Gasteiger charge is -2.16. The van der Waals surface area contributed by atoms with E-state index in [1.807, 2.05) is 17.5 Å². The highest BCUT2D eigenvalue weighted by molar-refractivity contribution is 7.10. The highest BCUT2D eigenvalue weighted by atomic mass is 32.1. The van der Waals surface area contributed by atoms with Crippen LogP contribution >= 0.6 is 11.3 Å². The normalized spacial score (nSPS) is 11.7. The van der Waals surface area contributed by atoms with Gasteiger partial charge in [0.1, 0.15) is 0 Å². The summed E-state index contributed by atoms with van der Waals surface area (Å²) in [6.45, 7) is 0. The maximum atomic E-state index is 12.1. The van der Waals surface area contributed by atoms with Crippen LogP contribution in [0.1, 0.15) is 27.7 Å². The Balaban J connectivity index is 2.12. The third-order valence-electron chi connectivity index (χ3n) is 2.73. The molecule has 1 N–H and O–H groups in total. The minimum atomic E-state index is -0.386. The van der Waals surface area contributed by atoms with Crippen LogP contribution in [0.2, 0.25) is 0 Å². The number of pyridine rings is 1. The molecule has 2 heterocycles. The molecular formula is C14H14N2O3S. The van der Waals surface area contributed by atoms with Crippen molar-refractivity contribution in [2.75, 3.05) is 7.11 Å². The molecule has 2 aromatic rings. The molecule has 0 aliphatic rings. The van der Waals surface area contributed by atoms with Gasteiger partial charge in [0, 0.05) is 22.8 Å². The lowest BCUT2D eigenvalue weighted by Crippen LogP contribution is -2.30. The van der Waals surface area contributed by atoms with Crippen LogP contribution in [0.4, 0.5) is 0 Å². The van der Waals surface area contributed by atoms with Gasteiger partial charge in [-0.1, -0.05) is 6.07 Å². The molecular weight excluding hydrogens is 276 g/mol. The number of amides is 1. The van der Waals surface area contributed by atoms with E-state index in [2.05, 4.69) is 15.0 Å². The first kappa shape index (κ1) is 14.2. The number of carbonyl (C=O) groups is 2. The fourth-order valence-corrected chi connectivity index (χ4v) is 2.49. The van der Waals surface area contributed by atoms with Crippen molar-refractivity contribution in [2.45, 2.75) is 12.5 Å². The molecule has 104 valence electrons. The molecule has 0 bridgehead atoms. The molecule has 1 amide bonds. The van der Waals surface area contributed by atoms with E-state index < -0.39 is 0 Å². The molecule has 0 aliphatic carbocycles. The van der Waals surface area contributed by atoms with Crippen molar-refractivity contribution in [2.24, 2.45) is 0 Å². The average molecular weight is 290 g/mol. The molecule has 0 radical (unpaired) electrons. The average Bonchev–Trinajstić information content (AvgIpc) is 3.01. The van der Waals surface area contributed by atoms with Gasteiger partial charge >= 0.3 is 5.97 Å². The van der Waals surface area contributed by atoms with Gasteiger partial charge in [-0.25, -0.2) is 0 Å². The number of rotatable bonds is 5. The number of hydrogen-bond acceptors (Lipinski definition) is 5. The second kappa shape index (κ2) is 6.81. The van der Waals surface area contributed by atoms with Crippen LogP contribution in [-0.2, 0) is 9.53 Å². The number of methoxy groups -OCH3 is 1. The van der Waals surface area contributed by atoms with Gasteiger partial charge in [0.25, 0.3) is 5.91 Å². The number of thiophene rings is 1. The van der Waals surface area contributed by atoms with Gasteiger partial charge in [-0.2, -0.15) is 0 Å². The number of hydrogen-bond donors (Lipinski definition) is 1. The van der Waals surface area contributed by atoms with Crippen molar-refractivity contribution < 1.29 is 14.3 Å². The summed E-state index contributed by atoms with van der Waals surface area (Å²) in [6, 6.07) is 6.62. The van der Waals surface area contributed by atoms with E-state index in [1.165, 1.54) is 18.4 Å². The van der Waals surface area contributed by atoms with Crippen LogP contribution in [-0.4, -0.2) is 24.0 Å². The Morgan fingerprint density at radius 2 is 2.10 bits per heavy atom. The minimum absolute atomic E-state index is 0.105. The van der Waals surface area contributed by atoms with Crippen molar-refractivity contribution in [1.82, 2.24) is 10.3 Å². The first-order valence-electron chi connectivity index (χ1n) is 6.02. The van der Waals surface area contributed by atoms with E-state index in [9.17, 15) is 9.59 Å². The van der Waals surface area contributed by atoms with Crippen LogP contribution in [0.5, 0.6) is 0 Å². The van der Waals surface area contributed by atoms with Crippen molar-refractivity contribution in [3.8, 4) is 0 Å². The van der Waals surface area contributed by atoms with Crippen LogP contribution in [0.25, 0.3) is 0 Å². The molecule has 0 spiro atoms. The smallest absolute Gasteiger partial charge is 0.307 e. The second-order valence-electron chi connectivity index (χ2n) is 4.06. The largest absolute Gasteiger partial charge is 0.469 e. The van der Waals surface area contributed by atoms with Crippen LogP contribution < -0.4 is 5.32 Å². The van der Waals surface area contributed by atoms with Crippen LogP contribution in [0, 0.1) is 0 Å². The third-order valence-corrected chi connectivity index (χ3v) is 3.72. The summed E-state index contributed by atoms with van der Waals surface area (Å²) in [6.07, 6.45) is 3.21. The van der Waals surface area contributed by atoms with Gasteiger partial charge in [-0.05, 0) is 23.6 Å². The zero-order valence-corrected chi connectivity index (χ0v) is 11.7. The van der Waals surface area contributed by atoms with E-state index in [1.54, 1.807) is 24.5 Å². The lowest BCUT2D eigenvalue weighted by molar-refractivity contribution is -0.141. The molecule has 2 rings (SSSR count). The minimum Gasteiger partial charge on any atom is -0.469 e. The quantitative estimate of drug-likeness (QED) is 0.857. The van der Waals surface area contributed by atoms with Crippen LogP contribution in [0.15, 0.2) is 42.0 Å². The maximum absolute atomic E-state index is 12.1. The van der Waals surface area contributed by atoms with Gasteiger partial charge in [-0.15, -0.1) is 11.3 Å². The SMILES string of the molecule is COC(=O)C[C@H](NC(=O)c1ccncc1)c1cccs1. The summed E-state index contributed by atoms with van der Waals surface area (Å²) in [4.78, 5) is 28.4. The van der Waals surface area contributed by atoms with E-state index in [0.717, 1.165) is 4.88 Å². The third kappa shape index (κ3) is 3.64. The Kier molecular flexibility index (Phi) is 4.84. The highest BCUT2D eigenvalue weighted by Crippen LogP contribution is 2.22. The standard InChI is InChI=1S/C14H14N2O3S/c1-19-13(17)9-11(12-3-2-8-20-12)16-14(18)10-4-6-15-7-5-10/h2-8,11H,9H2,1H3,(H,16,18)/t11-/m0/s1. The lowest BCUT2D eigenvalue weighted by atomic mass is 10.1. The zero-order valence-electron chi connectivity index (χ0n) is 10.9. The Morgan fingerprint density at radius 3 is 2.70 bits per heavy atom. The molecule has 0 aliphatic heterocycles. The predicted octanol–water partition coefficient (Wildman–Crippen LogP) is 2.18. The number of nitrogens with one attached hydrogen (secondary N) is 1. The topological polar surface area (TPSA) is 68.3 Å². The summed E-state index contributed by atoms with van der Waals surface area (Å²) < 4.78 is 4.67. The first-order valence-corrected chi connectivity index (χ1v) is 6.90. The molecule has 5 nitrogen and oxygen atoms in total. The van der Waals surface area contributed by atoms with E-state index in [0.29, 0.717) is 5.56 Å². The number of carbonyl (C=O) groups excluding carboxylic acids is 2. The molecule has 20 heavy (non-hydrogen) atoms. The Labute approximate surface area is 120 Å². The first-order chi connectivity index (χ1) is 9.70. The van der Waals surface area contributed by atoms with E-state index >= 15 is 0 Å². The van der Waals surface area contributed by atoms with Crippen LogP contribution in [0.3, 0.4) is 0 Å². The molecule has 0 aromatic carbocycles. The van der Waals surface area contributed by atoms with E-state index in [4.69, 9.17) is 0 Å². The second-order valence-corrected chi connectivity index (χ2v) is 5.04. The zero-order chi connectivity index (χ0) is 14.4. The van der Waals surface area contributed by atoms with Gasteiger partial charge < -0.3 is 10.1 Å². The number of aromatic nitrogens is 1. The highest BCUT2D eigenvalue weighted by Gasteiger charge is 2.20. The van der Waals surface area contributed by atoms with Gasteiger partial charge in [-0.3, -0.25) is 14.6 Å². The molecule has 0 unspecified atom stereocenters. The molecule has 1 atom stereocenters. The van der Waals surface area contributed by atoms with Crippen molar-refractivity contribution in [3.05, 3.63) is 52.5 Å². The Bertz CT molecular complexity index is 569. The fraction of sp³-hybridized carbons (Fsp3) is 0.214. The molecule has 2 aromatic heterocycles. The van der Waals surface area contributed by atoms with Crippen molar-refractivity contribution in [3.63, 3.8) is 0 Å². The molecule has 0 fully saturated rings. The van der Waals surface area contributed by atoms with Gasteiger partial charge in [0.05, 0.1) is 19.6 Å². The Hall–Kier alpha value is -2.21. The van der Waals surface area contributed by atoms with Gasteiger partial charge in [0.15, 0.2) is 0 Å². The summed E-state index contributed by atoms with van der Waals surface area (Å²) in [5.74, 6) is -0.604. The molecule has 0 saturated carbocycles. The summed E-state index contributed by atoms with van der Waals surface area (Å²) in [5.41, 5.74) is 0.506. The number of ether oxygens (including phenoxy) is 1. The summed E-state index contributed by atoms with van der Waals surface area (Å²) in [7, 11) is 1.33.